The quantitative estimate of drug-likeness (QED) is 0.819. The number of piperidine rings is 1. The molecular weight excluding hydrogens is 380 g/mol. The third-order valence-corrected chi connectivity index (χ3v) is 6.31. The second-order valence-electron chi connectivity index (χ2n) is 5.03. The van der Waals surface area contributed by atoms with Crippen molar-refractivity contribution in [1.82, 2.24) is 10.0 Å². The number of halogens is 2. The number of sulfonamides is 1. The van der Waals surface area contributed by atoms with E-state index in [1.165, 1.54) is 13.2 Å². The Hall–Kier alpha value is -0.340. The number of hydrogen-bond acceptors (Lipinski definition) is 4. The zero-order chi connectivity index (χ0) is 15.6. The van der Waals surface area contributed by atoms with Crippen molar-refractivity contribution in [1.29, 1.82) is 0 Å². The molecule has 8 heteroatoms. The first-order valence-electron chi connectivity index (χ1n) is 6.64. The number of methoxy groups -OCH3 is 1. The minimum atomic E-state index is -3.65. The van der Waals surface area contributed by atoms with Crippen LogP contribution < -0.4 is 14.8 Å². The van der Waals surface area contributed by atoms with E-state index >= 15 is 0 Å². The molecule has 0 aromatic heterocycles. The number of nitrogens with one attached hydrogen (secondary N) is 2. The van der Waals surface area contributed by atoms with Gasteiger partial charge < -0.3 is 10.1 Å². The highest BCUT2D eigenvalue weighted by atomic mass is 79.9. The molecule has 2 atom stereocenters. The molecule has 0 radical (unpaired) electrons. The monoisotopic (exact) mass is 396 g/mol. The van der Waals surface area contributed by atoms with Crippen molar-refractivity contribution in [2.45, 2.75) is 36.7 Å². The molecule has 5 nitrogen and oxygen atoms in total. The van der Waals surface area contributed by atoms with Crippen LogP contribution in [0.15, 0.2) is 21.5 Å². The van der Waals surface area contributed by atoms with Crippen LogP contribution in [-0.2, 0) is 10.0 Å². The molecule has 21 heavy (non-hydrogen) atoms. The zero-order valence-electron chi connectivity index (χ0n) is 11.8. The largest absolute Gasteiger partial charge is 0.495 e. The Morgan fingerprint density at radius 1 is 1.48 bits per heavy atom. The van der Waals surface area contributed by atoms with Gasteiger partial charge in [0, 0.05) is 16.6 Å². The summed E-state index contributed by atoms with van der Waals surface area (Å²) in [4.78, 5) is 0.117. The Kier molecular flexibility index (Phi) is 5.54. The van der Waals surface area contributed by atoms with Gasteiger partial charge in [-0.3, -0.25) is 0 Å². The van der Waals surface area contributed by atoms with Crippen molar-refractivity contribution >= 4 is 37.6 Å². The van der Waals surface area contributed by atoms with Crippen LogP contribution in [0.25, 0.3) is 0 Å². The minimum Gasteiger partial charge on any atom is -0.495 e. The molecule has 1 heterocycles. The van der Waals surface area contributed by atoms with Gasteiger partial charge in [-0.15, -0.1) is 0 Å². The summed E-state index contributed by atoms with van der Waals surface area (Å²) in [6.45, 7) is 2.89. The van der Waals surface area contributed by atoms with Crippen molar-refractivity contribution in [3.05, 3.63) is 21.6 Å². The fraction of sp³-hybridized carbons (Fsp3) is 0.538. The summed E-state index contributed by atoms with van der Waals surface area (Å²) in [6.07, 6.45) is 1.76. The van der Waals surface area contributed by atoms with Crippen LogP contribution >= 0.6 is 27.5 Å². The summed E-state index contributed by atoms with van der Waals surface area (Å²) in [7, 11) is -2.17. The zero-order valence-corrected chi connectivity index (χ0v) is 15.0. The van der Waals surface area contributed by atoms with Crippen molar-refractivity contribution in [2.24, 2.45) is 0 Å². The second-order valence-corrected chi connectivity index (χ2v) is 7.97. The van der Waals surface area contributed by atoms with Gasteiger partial charge in [0.25, 0.3) is 0 Å². The van der Waals surface area contributed by atoms with Gasteiger partial charge in [0.05, 0.1) is 17.0 Å². The smallest absolute Gasteiger partial charge is 0.242 e. The summed E-state index contributed by atoms with van der Waals surface area (Å²) in [6, 6.07) is 2.92. The molecule has 0 amide bonds. The SMILES string of the molecule is COc1cc(Br)c(S(=O)(=O)NC2CCCNC2C)cc1Cl. The molecule has 0 saturated carbocycles. The van der Waals surface area contributed by atoms with E-state index in [1.807, 2.05) is 6.92 Å². The van der Waals surface area contributed by atoms with Gasteiger partial charge >= 0.3 is 0 Å². The molecular formula is C13H18BrClN2O3S. The third-order valence-electron chi connectivity index (χ3n) is 3.56. The Bertz CT molecular complexity index is 624. The van der Waals surface area contributed by atoms with Gasteiger partial charge in [-0.2, -0.15) is 0 Å². The van der Waals surface area contributed by atoms with Crippen LogP contribution in [0, 0.1) is 0 Å². The van der Waals surface area contributed by atoms with Crippen LogP contribution in [0.2, 0.25) is 5.02 Å². The highest BCUT2D eigenvalue weighted by Gasteiger charge is 2.28. The van der Waals surface area contributed by atoms with Gasteiger partial charge in [0.1, 0.15) is 5.75 Å². The fourth-order valence-corrected chi connectivity index (χ4v) is 5.04. The molecule has 1 saturated heterocycles. The summed E-state index contributed by atoms with van der Waals surface area (Å²) in [5.41, 5.74) is 0. The lowest BCUT2D eigenvalue weighted by Crippen LogP contribution is -2.51. The first kappa shape index (κ1) is 17.0. The third kappa shape index (κ3) is 3.90. The molecule has 1 aromatic carbocycles. The predicted octanol–water partition coefficient (Wildman–Crippen LogP) is 2.53. The molecule has 2 N–H and O–H groups in total. The van der Waals surface area contributed by atoms with E-state index in [2.05, 4.69) is 26.0 Å². The summed E-state index contributed by atoms with van der Waals surface area (Å²) < 4.78 is 33.3. The summed E-state index contributed by atoms with van der Waals surface area (Å²) in [5, 5.41) is 3.53. The highest BCUT2D eigenvalue weighted by Crippen LogP contribution is 2.33. The molecule has 1 fully saturated rings. The number of benzene rings is 1. The molecule has 0 spiro atoms. The summed E-state index contributed by atoms with van der Waals surface area (Å²) in [5.74, 6) is 0.426. The summed E-state index contributed by atoms with van der Waals surface area (Å²) >= 11 is 9.29. The number of rotatable bonds is 4. The van der Waals surface area contributed by atoms with E-state index < -0.39 is 10.0 Å². The maximum absolute atomic E-state index is 12.6. The molecule has 1 aromatic rings. The van der Waals surface area contributed by atoms with Gasteiger partial charge in [0.2, 0.25) is 10.0 Å². The van der Waals surface area contributed by atoms with Gasteiger partial charge in [-0.1, -0.05) is 11.6 Å². The van der Waals surface area contributed by atoms with E-state index in [0.29, 0.717) is 10.2 Å². The fourth-order valence-electron chi connectivity index (χ4n) is 2.34. The minimum absolute atomic E-state index is 0.0982. The number of ether oxygens (including phenoxy) is 1. The van der Waals surface area contributed by atoms with Crippen molar-refractivity contribution in [3.63, 3.8) is 0 Å². The van der Waals surface area contributed by atoms with Crippen molar-refractivity contribution in [3.8, 4) is 5.75 Å². The van der Waals surface area contributed by atoms with Gasteiger partial charge in [-0.05, 0) is 54.4 Å². The van der Waals surface area contributed by atoms with Crippen LogP contribution in [0.5, 0.6) is 5.75 Å². The molecule has 0 bridgehead atoms. The predicted molar refractivity (Wildman–Crippen MR) is 86.5 cm³/mol. The average molecular weight is 398 g/mol. The average Bonchev–Trinajstić information content (AvgIpc) is 2.43. The van der Waals surface area contributed by atoms with Crippen LogP contribution in [0.3, 0.4) is 0 Å². The first-order chi connectivity index (χ1) is 9.85. The Morgan fingerprint density at radius 2 is 2.19 bits per heavy atom. The Balaban J connectivity index is 2.29. The maximum atomic E-state index is 12.6. The van der Waals surface area contributed by atoms with Crippen LogP contribution in [-0.4, -0.2) is 34.2 Å². The van der Waals surface area contributed by atoms with Gasteiger partial charge in [-0.25, -0.2) is 13.1 Å². The normalized spacial score (nSPS) is 23.0. The molecule has 118 valence electrons. The van der Waals surface area contributed by atoms with E-state index in [4.69, 9.17) is 16.3 Å². The second kappa shape index (κ2) is 6.83. The van der Waals surface area contributed by atoms with E-state index in [1.54, 1.807) is 6.07 Å². The van der Waals surface area contributed by atoms with Crippen LogP contribution in [0.1, 0.15) is 19.8 Å². The lowest BCUT2D eigenvalue weighted by Gasteiger charge is -2.30. The molecule has 0 aliphatic carbocycles. The van der Waals surface area contributed by atoms with E-state index in [-0.39, 0.29) is 22.0 Å². The molecule has 2 rings (SSSR count). The molecule has 2 unspecified atom stereocenters. The van der Waals surface area contributed by atoms with Crippen molar-refractivity contribution < 1.29 is 13.2 Å². The van der Waals surface area contributed by atoms with E-state index in [9.17, 15) is 8.42 Å². The Morgan fingerprint density at radius 3 is 2.81 bits per heavy atom. The topological polar surface area (TPSA) is 67.4 Å². The van der Waals surface area contributed by atoms with Crippen molar-refractivity contribution in [2.75, 3.05) is 13.7 Å². The maximum Gasteiger partial charge on any atom is 0.242 e. The molecule has 1 aliphatic heterocycles. The lowest BCUT2D eigenvalue weighted by atomic mass is 10.0. The highest BCUT2D eigenvalue weighted by molar-refractivity contribution is 9.10. The lowest BCUT2D eigenvalue weighted by molar-refractivity contribution is 0.348. The molecule has 1 aliphatic rings. The van der Waals surface area contributed by atoms with E-state index in [0.717, 1.165) is 19.4 Å². The standard InChI is InChI=1S/C13H18BrClN2O3S/c1-8-11(4-3-5-16-8)17-21(18,19)13-7-10(15)12(20-2)6-9(13)14/h6-8,11,16-17H,3-5H2,1-2H3. The number of hydrogen-bond donors (Lipinski definition) is 2. The van der Waals surface area contributed by atoms with Gasteiger partial charge in [0.15, 0.2) is 0 Å². The Labute approximate surface area is 138 Å². The first-order valence-corrected chi connectivity index (χ1v) is 9.29. The van der Waals surface area contributed by atoms with Crippen LogP contribution in [0.4, 0.5) is 0 Å².